The van der Waals surface area contributed by atoms with Gasteiger partial charge in [0.2, 0.25) is 5.92 Å². The first-order chi connectivity index (χ1) is 8.68. The first-order valence-electron chi connectivity index (χ1n) is 5.25. The molecule has 0 saturated heterocycles. The van der Waals surface area contributed by atoms with E-state index in [1.165, 1.54) is 0 Å². The van der Waals surface area contributed by atoms with E-state index in [0.29, 0.717) is 13.8 Å². The summed E-state index contributed by atoms with van der Waals surface area (Å²) in [4.78, 5) is 21.1. The van der Waals surface area contributed by atoms with Crippen molar-refractivity contribution in [1.82, 2.24) is 0 Å². The first-order valence-corrected chi connectivity index (χ1v) is 5.25. The smallest absolute Gasteiger partial charge is 0.417 e. The van der Waals surface area contributed by atoms with Gasteiger partial charge >= 0.3 is 18.1 Å². The van der Waals surface area contributed by atoms with Crippen molar-refractivity contribution in [3.05, 3.63) is 0 Å². The number of carboxylic acid groups (broad SMARTS) is 2. The number of ether oxygens (including phenoxy) is 1. The van der Waals surface area contributed by atoms with Crippen molar-refractivity contribution >= 4 is 11.9 Å². The fourth-order valence-corrected chi connectivity index (χ4v) is 1.32. The van der Waals surface area contributed by atoms with E-state index in [1.807, 2.05) is 0 Å². The Labute approximate surface area is 110 Å². The molecular formula is C10H13F5O5. The van der Waals surface area contributed by atoms with Crippen LogP contribution >= 0.6 is 0 Å². The van der Waals surface area contributed by atoms with Crippen LogP contribution in [0.25, 0.3) is 0 Å². The molecule has 0 amide bonds. The third-order valence-corrected chi connectivity index (χ3v) is 2.31. The standard InChI is InChI=1S/C10H13F5O5/c1-8(4-6(16)17,10(13,14)15)20-5(7(18)19)3-9(2,11)12/h5H,3-4H2,1-2H3,(H,16,17)(H,18,19). The average molecular weight is 308 g/mol. The van der Waals surface area contributed by atoms with Crippen molar-refractivity contribution in [1.29, 1.82) is 0 Å². The number of hydrogen-bond donors (Lipinski definition) is 2. The normalized spacial score (nSPS) is 17.4. The van der Waals surface area contributed by atoms with E-state index in [1.54, 1.807) is 0 Å². The van der Waals surface area contributed by atoms with Gasteiger partial charge in [-0.25, -0.2) is 13.6 Å². The van der Waals surface area contributed by atoms with Crippen LogP contribution in [0.3, 0.4) is 0 Å². The molecule has 0 aromatic heterocycles. The molecule has 2 atom stereocenters. The van der Waals surface area contributed by atoms with E-state index in [9.17, 15) is 31.5 Å². The van der Waals surface area contributed by atoms with Crippen LogP contribution in [0.5, 0.6) is 0 Å². The topological polar surface area (TPSA) is 83.8 Å². The highest BCUT2D eigenvalue weighted by atomic mass is 19.4. The van der Waals surface area contributed by atoms with Gasteiger partial charge in [-0.05, 0) is 13.8 Å². The summed E-state index contributed by atoms with van der Waals surface area (Å²) < 4.78 is 67.9. The lowest BCUT2D eigenvalue weighted by Gasteiger charge is -2.33. The van der Waals surface area contributed by atoms with Crippen molar-refractivity contribution in [2.24, 2.45) is 0 Å². The van der Waals surface area contributed by atoms with Gasteiger partial charge in [-0.15, -0.1) is 0 Å². The summed E-state index contributed by atoms with van der Waals surface area (Å²) in [6, 6.07) is 0. The summed E-state index contributed by atoms with van der Waals surface area (Å²) in [5, 5.41) is 17.0. The van der Waals surface area contributed by atoms with Gasteiger partial charge in [0.15, 0.2) is 11.7 Å². The zero-order chi connectivity index (χ0) is 16.4. The highest BCUT2D eigenvalue weighted by molar-refractivity contribution is 5.73. The average Bonchev–Trinajstić information content (AvgIpc) is 2.10. The van der Waals surface area contributed by atoms with E-state index in [-0.39, 0.29) is 0 Å². The van der Waals surface area contributed by atoms with Gasteiger partial charge < -0.3 is 14.9 Å². The number of alkyl halides is 5. The van der Waals surface area contributed by atoms with E-state index in [0.717, 1.165) is 0 Å². The highest BCUT2D eigenvalue weighted by Crippen LogP contribution is 2.38. The van der Waals surface area contributed by atoms with Crippen molar-refractivity contribution < 1.29 is 46.5 Å². The quantitative estimate of drug-likeness (QED) is 0.705. The molecule has 10 heteroatoms. The maximum absolute atomic E-state index is 12.8. The Kier molecular flexibility index (Phi) is 5.47. The predicted octanol–water partition coefficient (Wildman–Crippen LogP) is 2.30. The Morgan fingerprint density at radius 3 is 1.80 bits per heavy atom. The van der Waals surface area contributed by atoms with Gasteiger partial charge in [0.05, 0.1) is 6.42 Å². The molecule has 118 valence electrons. The monoisotopic (exact) mass is 308 g/mol. The van der Waals surface area contributed by atoms with Crippen LogP contribution in [-0.4, -0.2) is 46.0 Å². The van der Waals surface area contributed by atoms with Gasteiger partial charge in [-0.1, -0.05) is 0 Å². The SMILES string of the molecule is CC(F)(F)CC(OC(C)(CC(=O)O)C(F)(F)F)C(=O)O. The molecule has 0 radical (unpaired) electrons. The molecule has 0 rings (SSSR count). The number of carbonyl (C=O) groups is 2. The second-order valence-electron chi connectivity index (χ2n) is 4.52. The Morgan fingerprint density at radius 2 is 1.55 bits per heavy atom. The van der Waals surface area contributed by atoms with Crippen LogP contribution in [0.15, 0.2) is 0 Å². The Hall–Kier alpha value is -1.45. The van der Waals surface area contributed by atoms with E-state index < -0.39 is 48.6 Å². The lowest BCUT2D eigenvalue weighted by molar-refractivity contribution is -0.288. The Morgan fingerprint density at radius 1 is 1.10 bits per heavy atom. The maximum Gasteiger partial charge on any atom is 0.417 e. The summed E-state index contributed by atoms with van der Waals surface area (Å²) in [6.45, 7) is 0.610. The fraction of sp³-hybridized carbons (Fsp3) is 0.800. The number of aliphatic carboxylic acids is 2. The first kappa shape index (κ1) is 18.6. The van der Waals surface area contributed by atoms with Crippen molar-refractivity contribution in [2.45, 2.75) is 50.5 Å². The second kappa shape index (κ2) is 5.90. The van der Waals surface area contributed by atoms with Gasteiger partial charge in [-0.3, -0.25) is 4.79 Å². The fourth-order valence-electron chi connectivity index (χ4n) is 1.32. The molecular weight excluding hydrogens is 295 g/mol. The maximum atomic E-state index is 12.8. The zero-order valence-electron chi connectivity index (χ0n) is 10.5. The van der Waals surface area contributed by atoms with E-state index in [2.05, 4.69) is 4.74 Å². The largest absolute Gasteiger partial charge is 0.481 e. The van der Waals surface area contributed by atoms with Crippen molar-refractivity contribution in [3.8, 4) is 0 Å². The van der Waals surface area contributed by atoms with Gasteiger partial charge in [0.1, 0.15) is 0 Å². The van der Waals surface area contributed by atoms with Crippen LogP contribution in [0.1, 0.15) is 26.7 Å². The Bertz CT molecular complexity index is 375. The van der Waals surface area contributed by atoms with Crippen LogP contribution in [0, 0.1) is 0 Å². The Balaban J connectivity index is 5.30. The van der Waals surface area contributed by atoms with Crippen LogP contribution in [0.4, 0.5) is 22.0 Å². The number of rotatable bonds is 7. The molecule has 0 aliphatic heterocycles. The molecule has 2 unspecified atom stereocenters. The zero-order valence-corrected chi connectivity index (χ0v) is 10.5. The van der Waals surface area contributed by atoms with Crippen molar-refractivity contribution in [3.63, 3.8) is 0 Å². The molecule has 0 aromatic carbocycles. The minimum absolute atomic E-state index is 0.296. The number of carboxylic acids is 2. The minimum Gasteiger partial charge on any atom is -0.481 e. The summed E-state index contributed by atoms with van der Waals surface area (Å²) in [7, 11) is 0. The third-order valence-electron chi connectivity index (χ3n) is 2.31. The molecule has 20 heavy (non-hydrogen) atoms. The lowest BCUT2D eigenvalue weighted by atomic mass is 10.0. The molecule has 0 aliphatic carbocycles. The minimum atomic E-state index is -5.23. The van der Waals surface area contributed by atoms with Crippen molar-refractivity contribution in [2.75, 3.05) is 0 Å². The third kappa shape index (κ3) is 5.68. The molecule has 0 aliphatic rings. The molecule has 5 nitrogen and oxygen atoms in total. The second-order valence-corrected chi connectivity index (χ2v) is 4.52. The molecule has 0 heterocycles. The van der Waals surface area contributed by atoms with Gasteiger partial charge in [0, 0.05) is 6.42 Å². The summed E-state index contributed by atoms with van der Waals surface area (Å²) in [5.41, 5.74) is -3.38. The van der Waals surface area contributed by atoms with Crippen LogP contribution in [0.2, 0.25) is 0 Å². The van der Waals surface area contributed by atoms with Gasteiger partial charge in [0.25, 0.3) is 0 Å². The number of halogens is 5. The molecule has 0 fully saturated rings. The molecule has 2 N–H and O–H groups in total. The molecule has 0 saturated carbocycles. The summed E-state index contributed by atoms with van der Waals surface area (Å²) in [5.74, 6) is -7.52. The number of hydrogen-bond acceptors (Lipinski definition) is 3. The van der Waals surface area contributed by atoms with E-state index >= 15 is 0 Å². The van der Waals surface area contributed by atoms with Crippen LogP contribution in [-0.2, 0) is 14.3 Å². The van der Waals surface area contributed by atoms with E-state index in [4.69, 9.17) is 10.2 Å². The summed E-state index contributed by atoms with van der Waals surface area (Å²) in [6.07, 6.45) is -10.8. The lowest BCUT2D eigenvalue weighted by Crippen LogP contribution is -2.51. The van der Waals surface area contributed by atoms with Gasteiger partial charge in [-0.2, -0.15) is 13.2 Å². The molecule has 0 bridgehead atoms. The molecule has 0 aromatic rings. The van der Waals surface area contributed by atoms with Crippen LogP contribution < -0.4 is 0 Å². The predicted molar refractivity (Wildman–Crippen MR) is 54.5 cm³/mol. The highest BCUT2D eigenvalue weighted by Gasteiger charge is 2.56. The molecule has 0 spiro atoms. The summed E-state index contributed by atoms with van der Waals surface area (Å²) >= 11 is 0.